The van der Waals surface area contributed by atoms with Crippen molar-refractivity contribution in [3.05, 3.63) is 35.4 Å². The first kappa shape index (κ1) is 12.8. The summed E-state index contributed by atoms with van der Waals surface area (Å²) in [6.07, 6.45) is 0. The molecule has 0 radical (unpaired) electrons. The van der Waals surface area contributed by atoms with Gasteiger partial charge in [0.15, 0.2) is 0 Å². The molecule has 0 bridgehead atoms. The highest BCUT2D eigenvalue weighted by Crippen LogP contribution is 2.59. The van der Waals surface area contributed by atoms with Crippen LogP contribution in [0.1, 0.15) is 11.1 Å². The molecule has 15 heavy (non-hydrogen) atoms. The van der Waals surface area contributed by atoms with E-state index in [1.807, 2.05) is 0 Å². The maximum atomic E-state index is 13.1. The van der Waals surface area contributed by atoms with E-state index >= 15 is 0 Å². The first-order valence-corrected chi connectivity index (χ1v) is 6.61. The second kappa shape index (κ2) is 4.29. The lowest BCUT2D eigenvalue weighted by molar-refractivity contribution is 0.0564. The van der Waals surface area contributed by atoms with Crippen LogP contribution in [0.5, 0.6) is 0 Å². The van der Waals surface area contributed by atoms with Crippen LogP contribution in [0.4, 0.5) is 8.78 Å². The summed E-state index contributed by atoms with van der Waals surface area (Å²) in [6, 6.07) is 4.78. The van der Waals surface area contributed by atoms with Crippen LogP contribution < -0.4 is 0 Å². The smallest absolute Gasteiger partial charge is 0.320 e. The summed E-state index contributed by atoms with van der Waals surface area (Å²) < 4.78 is 36.8. The van der Waals surface area contributed by atoms with Crippen molar-refractivity contribution in [3.63, 3.8) is 0 Å². The Balaban J connectivity index is 3.11. The second-order valence-electron chi connectivity index (χ2n) is 2.92. The van der Waals surface area contributed by atoms with Crippen molar-refractivity contribution in [1.29, 1.82) is 0 Å². The van der Waals surface area contributed by atoms with E-state index < -0.39 is 18.8 Å². The Kier molecular flexibility index (Phi) is 3.66. The van der Waals surface area contributed by atoms with Gasteiger partial charge in [-0.15, -0.1) is 0 Å². The molecule has 0 aliphatic carbocycles. The van der Waals surface area contributed by atoms with E-state index in [4.69, 9.17) is 9.79 Å². The van der Waals surface area contributed by atoms with Gasteiger partial charge in [0.05, 0.1) is 0 Å². The predicted octanol–water partition coefficient (Wildman–Crippen LogP) is 2.81. The lowest BCUT2D eigenvalue weighted by atomic mass is 10.1. The fraction of sp³-hybridized carbons (Fsp3) is 0.250. The van der Waals surface area contributed by atoms with Crippen molar-refractivity contribution in [2.75, 3.05) is 0 Å². The normalized spacial score (nSPS) is 12.9. The third-order valence-electron chi connectivity index (χ3n) is 1.82. The Labute approximate surface area is 93.4 Å². The summed E-state index contributed by atoms with van der Waals surface area (Å²) in [5.74, 6) is 0. The van der Waals surface area contributed by atoms with E-state index in [0.717, 1.165) is 17.7 Å². The first-order valence-electron chi connectivity index (χ1n) is 3.88. The molecule has 0 aromatic heterocycles. The quantitative estimate of drug-likeness (QED) is 0.666. The molecule has 3 nitrogen and oxygen atoms in total. The topological polar surface area (TPSA) is 57.5 Å². The minimum absolute atomic E-state index is 0.495. The molecule has 0 unspecified atom stereocenters. The highest BCUT2D eigenvalue weighted by Gasteiger charge is 2.50. The van der Waals surface area contributed by atoms with Crippen LogP contribution in [0.2, 0.25) is 0 Å². The molecular formula is C8H8BrF2O3P. The van der Waals surface area contributed by atoms with Crippen molar-refractivity contribution in [3.8, 4) is 0 Å². The molecule has 84 valence electrons. The molecule has 0 spiro atoms. The number of hydrogen-bond acceptors (Lipinski definition) is 1. The Morgan fingerprint density at radius 1 is 1.27 bits per heavy atom. The predicted molar refractivity (Wildman–Crippen MR) is 55.0 cm³/mol. The Bertz CT molecular complexity index is 387. The standard InChI is InChI=1S/C8H8BrF2O3P/c9-5-6-1-3-7(4-2-6)8(10,11)15(12,13)14/h1-4H,5H2,(H2,12,13,14). The van der Waals surface area contributed by atoms with Gasteiger partial charge >= 0.3 is 13.3 Å². The van der Waals surface area contributed by atoms with Gasteiger partial charge in [-0.2, -0.15) is 8.78 Å². The minimum Gasteiger partial charge on any atom is -0.320 e. The number of halogens is 3. The minimum atomic E-state index is -5.46. The van der Waals surface area contributed by atoms with Crippen molar-refractivity contribution < 1.29 is 23.1 Å². The number of alkyl halides is 3. The summed E-state index contributed by atoms with van der Waals surface area (Å²) in [7, 11) is -5.46. The van der Waals surface area contributed by atoms with Crippen molar-refractivity contribution in [2.45, 2.75) is 11.0 Å². The van der Waals surface area contributed by atoms with E-state index in [0.29, 0.717) is 5.33 Å². The number of rotatable bonds is 3. The van der Waals surface area contributed by atoms with E-state index in [-0.39, 0.29) is 0 Å². The summed E-state index contributed by atoms with van der Waals surface area (Å²) in [4.78, 5) is 17.0. The molecule has 0 fully saturated rings. The zero-order chi connectivity index (χ0) is 11.7. The van der Waals surface area contributed by atoms with Crippen LogP contribution in [-0.2, 0) is 15.6 Å². The Morgan fingerprint density at radius 3 is 2.07 bits per heavy atom. The molecule has 0 heterocycles. The van der Waals surface area contributed by atoms with Crippen molar-refractivity contribution in [2.24, 2.45) is 0 Å². The van der Waals surface area contributed by atoms with Gasteiger partial charge in [0.25, 0.3) is 0 Å². The van der Waals surface area contributed by atoms with Crippen LogP contribution in [0.3, 0.4) is 0 Å². The summed E-state index contributed by atoms with van der Waals surface area (Å²) >= 11 is 3.13. The molecular weight excluding hydrogens is 293 g/mol. The maximum Gasteiger partial charge on any atom is 0.399 e. The molecule has 1 aromatic rings. The lowest BCUT2D eigenvalue weighted by Gasteiger charge is -2.17. The van der Waals surface area contributed by atoms with Gasteiger partial charge in [-0.1, -0.05) is 40.2 Å². The molecule has 0 saturated carbocycles. The van der Waals surface area contributed by atoms with Gasteiger partial charge in [0, 0.05) is 10.9 Å². The Morgan fingerprint density at radius 2 is 1.73 bits per heavy atom. The summed E-state index contributed by atoms with van der Waals surface area (Å²) in [6.45, 7) is 0. The van der Waals surface area contributed by atoms with Crippen LogP contribution in [-0.4, -0.2) is 9.79 Å². The zero-order valence-corrected chi connectivity index (χ0v) is 9.88. The number of hydrogen-bond donors (Lipinski definition) is 2. The summed E-state index contributed by atoms with van der Waals surface area (Å²) in [5, 5.41) is 0.495. The fourth-order valence-electron chi connectivity index (χ4n) is 0.963. The van der Waals surface area contributed by atoms with Crippen LogP contribution in [0, 0.1) is 0 Å². The monoisotopic (exact) mass is 300 g/mol. The van der Waals surface area contributed by atoms with Gasteiger partial charge in [-0.25, -0.2) is 0 Å². The van der Waals surface area contributed by atoms with Gasteiger partial charge in [0.1, 0.15) is 0 Å². The van der Waals surface area contributed by atoms with Crippen LogP contribution >= 0.6 is 23.5 Å². The molecule has 0 atom stereocenters. The average Bonchev–Trinajstić information content (AvgIpc) is 2.16. The maximum absolute atomic E-state index is 13.1. The zero-order valence-electron chi connectivity index (χ0n) is 7.40. The second-order valence-corrected chi connectivity index (χ2v) is 5.13. The molecule has 0 aliphatic heterocycles. The fourth-order valence-corrected chi connectivity index (χ4v) is 1.82. The van der Waals surface area contributed by atoms with Gasteiger partial charge in [-0.3, -0.25) is 4.57 Å². The lowest BCUT2D eigenvalue weighted by Crippen LogP contribution is -2.13. The third-order valence-corrected chi connectivity index (χ3v) is 3.46. The molecule has 1 aromatic carbocycles. The van der Waals surface area contributed by atoms with Crippen molar-refractivity contribution in [1.82, 2.24) is 0 Å². The van der Waals surface area contributed by atoms with E-state index in [1.165, 1.54) is 12.1 Å². The molecule has 7 heteroatoms. The molecule has 2 N–H and O–H groups in total. The molecule has 1 rings (SSSR count). The van der Waals surface area contributed by atoms with Gasteiger partial charge < -0.3 is 9.79 Å². The molecule has 0 amide bonds. The highest BCUT2D eigenvalue weighted by molar-refractivity contribution is 9.08. The Hall–Kier alpha value is -0.290. The van der Waals surface area contributed by atoms with E-state index in [2.05, 4.69) is 15.9 Å². The highest BCUT2D eigenvalue weighted by atomic mass is 79.9. The molecule has 0 aliphatic rings. The van der Waals surface area contributed by atoms with Gasteiger partial charge in [0.2, 0.25) is 0 Å². The average molecular weight is 301 g/mol. The summed E-state index contributed by atoms with van der Waals surface area (Å²) in [5.41, 5.74) is -4.06. The number of benzene rings is 1. The van der Waals surface area contributed by atoms with Crippen molar-refractivity contribution >= 4 is 23.5 Å². The van der Waals surface area contributed by atoms with E-state index in [9.17, 15) is 13.3 Å². The van der Waals surface area contributed by atoms with E-state index in [1.54, 1.807) is 0 Å². The first-order chi connectivity index (χ1) is 6.79. The largest absolute Gasteiger partial charge is 0.399 e. The SMILES string of the molecule is O=P(O)(O)C(F)(F)c1ccc(CBr)cc1. The van der Waals surface area contributed by atoms with Crippen LogP contribution in [0.15, 0.2) is 24.3 Å². The third kappa shape index (κ3) is 2.64. The van der Waals surface area contributed by atoms with Crippen LogP contribution in [0.25, 0.3) is 0 Å². The van der Waals surface area contributed by atoms with Gasteiger partial charge in [-0.05, 0) is 5.56 Å². The molecule has 0 saturated heterocycles.